The number of halogens is 2. The highest BCUT2D eigenvalue weighted by molar-refractivity contribution is 5.30. The molecule has 88 valence electrons. The predicted molar refractivity (Wildman–Crippen MR) is 55.4 cm³/mol. The smallest absolute Gasteiger partial charge is 0.387 e. The molecule has 1 aliphatic rings. The van der Waals surface area contributed by atoms with Crippen molar-refractivity contribution in [3.63, 3.8) is 0 Å². The molecule has 4 heteroatoms. The van der Waals surface area contributed by atoms with Crippen LogP contribution in [0.5, 0.6) is 5.75 Å². The molecular formula is C12H14F2O2. The highest BCUT2D eigenvalue weighted by Gasteiger charge is 2.26. The molecule has 0 aromatic heterocycles. The lowest BCUT2D eigenvalue weighted by Gasteiger charge is -2.30. The molecular weight excluding hydrogens is 214 g/mol. The third-order valence-electron chi connectivity index (χ3n) is 3.02. The molecule has 2 nitrogen and oxygen atoms in total. The molecule has 0 heterocycles. The quantitative estimate of drug-likeness (QED) is 0.857. The molecule has 0 saturated heterocycles. The minimum atomic E-state index is -2.82. The zero-order chi connectivity index (χ0) is 11.5. The second kappa shape index (κ2) is 4.78. The Morgan fingerprint density at radius 2 is 2.06 bits per heavy atom. The molecule has 16 heavy (non-hydrogen) atoms. The van der Waals surface area contributed by atoms with Crippen LogP contribution in [0.25, 0.3) is 0 Å². The Bertz CT molecular complexity index is 351. The lowest BCUT2D eigenvalue weighted by Crippen LogP contribution is -2.20. The number of hydrogen-bond donors (Lipinski definition) is 1. The number of alkyl halides is 2. The van der Waals surface area contributed by atoms with Crippen LogP contribution in [-0.4, -0.2) is 11.7 Å². The number of ether oxygens (including phenoxy) is 1. The first-order valence-electron chi connectivity index (χ1n) is 5.39. The van der Waals surface area contributed by atoms with Gasteiger partial charge < -0.3 is 9.84 Å². The van der Waals surface area contributed by atoms with E-state index in [1.807, 2.05) is 0 Å². The van der Waals surface area contributed by atoms with Gasteiger partial charge in [0.25, 0.3) is 0 Å². The van der Waals surface area contributed by atoms with Gasteiger partial charge in [-0.3, -0.25) is 0 Å². The first-order chi connectivity index (χ1) is 7.66. The Balaban J connectivity index is 2.08. The largest absolute Gasteiger partial charge is 0.435 e. The van der Waals surface area contributed by atoms with E-state index >= 15 is 0 Å². The Kier molecular flexibility index (Phi) is 3.39. The fraction of sp³-hybridized carbons (Fsp3) is 0.500. The average Bonchev–Trinajstić information content (AvgIpc) is 2.14. The van der Waals surface area contributed by atoms with Crippen molar-refractivity contribution in [1.82, 2.24) is 0 Å². The van der Waals surface area contributed by atoms with Crippen LogP contribution >= 0.6 is 0 Å². The first-order valence-corrected chi connectivity index (χ1v) is 5.39. The summed E-state index contributed by atoms with van der Waals surface area (Å²) in [7, 11) is 0. The van der Waals surface area contributed by atoms with Gasteiger partial charge in [-0.25, -0.2) is 0 Å². The van der Waals surface area contributed by atoms with Crippen LogP contribution in [0.3, 0.4) is 0 Å². The summed E-state index contributed by atoms with van der Waals surface area (Å²) in [6, 6.07) is 6.30. The van der Waals surface area contributed by atoms with Crippen LogP contribution in [0.2, 0.25) is 0 Å². The van der Waals surface area contributed by atoms with Gasteiger partial charge in [-0.2, -0.15) is 8.78 Å². The summed E-state index contributed by atoms with van der Waals surface area (Å²) in [5, 5.41) is 9.96. The third kappa shape index (κ3) is 2.50. The van der Waals surface area contributed by atoms with Crippen LogP contribution in [0.1, 0.15) is 30.9 Å². The molecule has 0 amide bonds. The maximum absolute atomic E-state index is 12.0. The van der Waals surface area contributed by atoms with Crippen molar-refractivity contribution < 1.29 is 18.6 Å². The second-order valence-corrected chi connectivity index (χ2v) is 4.09. The van der Waals surface area contributed by atoms with Crippen molar-refractivity contribution in [1.29, 1.82) is 0 Å². The van der Waals surface area contributed by atoms with Crippen molar-refractivity contribution in [2.24, 2.45) is 5.92 Å². The van der Waals surface area contributed by atoms with Gasteiger partial charge in [-0.15, -0.1) is 0 Å². The van der Waals surface area contributed by atoms with Crippen molar-refractivity contribution in [3.8, 4) is 5.75 Å². The Hall–Kier alpha value is -1.16. The molecule has 1 fully saturated rings. The molecule has 1 N–H and O–H groups in total. The molecule has 0 bridgehead atoms. The lowest BCUT2D eigenvalue weighted by atomic mass is 9.79. The van der Waals surface area contributed by atoms with E-state index in [-0.39, 0.29) is 11.7 Å². The van der Waals surface area contributed by atoms with Gasteiger partial charge in [0.2, 0.25) is 0 Å². The van der Waals surface area contributed by atoms with Crippen LogP contribution in [0, 0.1) is 5.92 Å². The Morgan fingerprint density at radius 1 is 1.31 bits per heavy atom. The molecule has 1 atom stereocenters. The Morgan fingerprint density at radius 3 is 2.62 bits per heavy atom. The van der Waals surface area contributed by atoms with Crippen LogP contribution < -0.4 is 4.74 Å². The maximum atomic E-state index is 12.0. The molecule has 1 aromatic rings. The number of aliphatic hydroxyl groups is 1. The minimum absolute atomic E-state index is 0.103. The van der Waals surface area contributed by atoms with E-state index in [9.17, 15) is 13.9 Å². The summed E-state index contributed by atoms with van der Waals surface area (Å²) in [6.07, 6.45) is 2.58. The molecule has 0 radical (unpaired) electrons. The highest BCUT2D eigenvalue weighted by atomic mass is 19.3. The van der Waals surface area contributed by atoms with E-state index in [0.29, 0.717) is 5.56 Å². The topological polar surface area (TPSA) is 29.5 Å². The average molecular weight is 228 g/mol. The van der Waals surface area contributed by atoms with Gasteiger partial charge in [-0.05, 0) is 36.5 Å². The van der Waals surface area contributed by atoms with Crippen molar-refractivity contribution in [2.45, 2.75) is 32.0 Å². The van der Waals surface area contributed by atoms with E-state index in [1.165, 1.54) is 12.1 Å². The van der Waals surface area contributed by atoms with Crippen LogP contribution in [-0.2, 0) is 0 Å². The van der Waals surface area contributed by atoms with E-state index in [2.05, 4.69) is 4.74 Å². The van der Waals surface area contributed by atoms with Gasteiger partial charge in [0.05, 0.1) is 6.10 Å². The van der Waals surface area contributed by atoms with Crippen LogP contribution in [0.4, 0.5) is 8.78 Å². The van der Waals surface area contributed by atoms with E-state index in [4.69, 9.17) is 0 Å². The van der Waals surface area contributed by atoms with Gasteiger partial charge in [0.15, 0.2) is 0 Å². The Labute approximate surface area is 92.9 Å². The summed E-state index contributed by atoms with van der Waals surface area (Å²) >= 11 is 0. The second-order valence-electron chi connectivity index (χ2n) is 4.09. The summed E-state index contributed by atoms with van der Waals surface area (Å²) in [5.74, 6) is 0.368. The van der Waals surface area contributed by atoms with E-state index in [0.717, 1.165) is 19.3 Å². The van der Waals surface area contributed by atoms with Gasteiger partial charge >= 0.3 is 6.61 Å². The molecule has 1 aromatic carbocycles. The zero-order valence-corrected chi connectivity index (χ0v) is 8.77. The van der Waals surface area contributed by atoms with Crippen molar-refractivity contribution >= 4 is 0 Å². The fourth-order valence-corrected chi connectivity index (χ4v) is 1.90. The molecule has 1 aliphatic carbocycles. The minimum Gasteiger partial charge on any atom is -0.435 e. The maximum Gasteiger partial charge on any atom is 0.387 e. The summed E-state index contributed by atoms with van der Waals surface area (Å²) < 4.78 is 28.3. The fourth-order valence-electron chi connectivity index (χ4n) is 1.90. The van der Waals surface area contributed by atoms with Crippen molar-refractivity contribution in [2.75, 3.05) is 0 Å². The first kappa shape index (κ1) is 11.3. The molecule has 0 aliphatic heterocycles. The van der Waals surface area contributed by atoms with Gasteiger partial charge in [0.1, 0.15) is 5.75 Å². The number of aliphatic hydroxyl groups excluding tert-OH is 1. The summed E-state index contributed by atoms with van der Waals surface area (Å²) in [4.78, 5) is 0. The lowest BCUT2D eigenvalue weighted by molar-refractivity contribution is -0.0500. The molecule has 0 spiro atoms. The normalized spacial score (nSPS) is 18.2. The molecule has 2 rings (SSSR count). The standard InChI is InChI=1S/C12H14F2O2/c13-12(14)16-10-6-2-5-9(7-10)11(15)8-3-1-4-8/h2,5-8,11-12,15H,1,3-4H2. The van der Waals surface area contributed by atoms with E-state index in [1.54, 1.807) is 12.1 Å². The molecule has 1 saturated carbocycles. The predicted octanol–water partition coefficient (Wildman–Crippen LogP) is 3.12. The van der Waals surface area contributed by atoms with Crippen molar-refractivity contribution in [3.05, 3.63) is 29.8 Å². The SMILES string of the molecule is OC(c1cccc(OC(F)F)c1)C1CCC1. The molecule has 1 unspecified atom stereocenters. The van der Waals surface area contributed by atoms with Gasteiger partial charge in [-0.1, -0.05) is 18.6 Å². The zero-order valence-electron chi connectivity index (χ0n) is 8.77. The summed E-state index contributed by atoms with van der Waals surface area (Å²) in [6.45, 7) is -2.82. The number of hydrogen-bond acceptors (Lipinski definition) is 2. The van der Waals surface area contributed by atoms with Crippen LogP contribution in [0.15, 0.2) is 24.3 Å². The number of rotatable bonds is 4. The summed E-state index contributed by atoms with van der Waals surface area (Å²) in [5.41, 5.74) is 0.655. The third-order valence-corrected chi connectivity index (χ3v) is 3.02. The monoisotopic (exact) mass is 228 g/mol. The highest BCUT2D eigenvalue weighted by Crippen LogP contribution is 2.38. The van der Waals surface area contributed by atoms with Gasteiger partial charge in [0, 0.05) is 0 Å². The number of benzene rings is 1. The van der Waals surface area contributed by atoms with E-state index < -0.39 is 12.7 Å².